The molecule has 8 heteroatoms. The molecule has 0 radical (unpaired) electrons. The second-order valence-electron chi connectivity index (χ2n) is 6.67. The van der Waals surface area contributed by atoms with Gasteiger partial charge < -0.3 is 10.1 Å². The Hall–Kier alpha value is -2.90. The number of aromatic amines is 1. The van der Waals surface area contributed by atoms with E-state index in [1.807, 2.05) is 39.8 Å². The number of ether oxygens (including phenoxy) is 1. The van der Waals surface area contributed by atoms with Crippen molar-refractivity contribution in [3.8, 4) is 5.88 Å². The number of nitrogens with one attached hydrogen (secondary N) is 2. The van der Waals surface area contributed by atoms with Crippen LogP contribution in [-0.2, 0) is 12.1 Å². The van der Waals surface area contributed by atoms with Crippen LogP contribution in [0.2, 0.25) is 0 Å². The summed E-state index contributed by atoms with van der Waals surface area (Å²) in [5.41, 5.74) is 1.05. The van der Waals surface area contributed by atoms with Crippen molar-refractivity contribution in [3.63, 3.8) is 0 Å². The fourth-order valence-electron chi connectivity index (χ4n) is 2.47. The highest BCUT2D eigenvalue weighted by Gasteiger charge is 2.19. The summed E-state index contributed by atoms with van der Waals surface area (Å²) in [7, 11) is 0. The van der Waals surface area contributed by atoms with Crippen molar-refractivity contribution < 1.29 is 4.74 Å². The summed E-state index contributed by atoms with van der Waals surface area (Å²) in [6.45, 7) is 9.01. The van der Waals surface area contributed by atoms with E-state index in [9.17, 15) is 4.79 Å². The van der Waals surface area contributed by atoms with Gasteiger partial charge in [-0.25, -0.2) is 9.67 Å². The molecule has 0 fully saturated rings. The molecule has 0 bridgehead atoms. The Morgan fingerprint density at radius 2 is 2.16 bits per heavy atom. The van der Waals surface area contributed by atoms with E-state index in [1.165, 1.54) is 0 Å². The summed E-state index contributed by atoms with van der Waals surface area (Å²) in [5, 5.41) is 7.92. The first kappa shape index (κ1) is 16.9. The molecule has 25 heavy (non-hydrogen) atoms. The molecular formula is C17H22N6O2. The molecule has 0 atom stereocenters. The standard InChI is InChI=1S/C17H22N6O2/c1-5-25-13-8-11(6-7-18-13)9-19-16-21-14-12(15(24)22-16)10-20-23(14)17(2,3)4/h6-8,10H,5,9H2,1-4H3,(H2,19,21,22,24). The molecule has 132 valence electrons. The Bertz CT molecular complexity index is 938. The number of hydrogen-bond acceptors (Lipinski definition) is 6. The lowest BCUT2D eigenvalue weighted by molar-refractivity contribution is 0.326. The third kappa shape index (κ3) is 3.62. The quantitative estimate of drug-likeness (QED) is 0.738. The SMILES string of the molecule is CCOc1cc(CNc2nc3c(cnn3C(C)(C)C)c(=O)[nH]2)ccn1. The van der Waals surface area contributed by atoms with E-state index < -0.39 is 0 Å². The Labute approximate surface area is 145 Å². The molecule has 0 aliphatic carbocycles. The number of H-pyrrole nitrogens is 1. The van der Waals surface area contributed by atoms with Gasteiger partial charge in [0, 0.05) is 18.8 Å². The van der Waals surface area contributed by atoms with Gasteiger partial charge in [-0.2, -0.15) is 10.1 Å². The monoisotopic (exact) mass is 342 g/mol. The van der Waals surface area contributed by atoms with E-state index in [2.05, 4.69) is 25.4 Å². The summed E-state index contributed by atoms with van der Waals surface area (Å²) in [5.74, 6) is 0.975. The number of anilines is 1. The van der Waals surface area contributed by atoms with Crippen LogP contribution in [0.1, 0.15) is 33.3 Å². The number of pyridine rings is 1. The van der Waals surface area contributed by atoms with Crippen molar-refractivity contribution in [2.45, 2.75) is 39.8 Å². The smallest absolute Gasteiger partial charge is 0.263 e. The van der Waals surface area contributed by atoms with Crippen LogP contribution < -0.4 is 15.6 Å². The summed E-state index contributed by atoms with van der Waals surface area (Å²) >= 11 is 0. The first-order valence-corrected chi connectivity index (χ1v) is 8.18. The minimum absolute atomic E-state index is 0.215. The molecule has 0 saturated heterocycles. The third-order valence-electron chi connectivity index (χ3n) is 3.62. The van der Waals surface area contributed by atoms with Gasteiger partial charge >= 0.3 is 0 Å². The summed E-state index contributed by atoms with van der Waals surface area (Å²) in [4.78, 5) is 23.7. The van der Waals surface area contributed by atoms with Gasteiger partial charge in [0.15, 0.2) is 5.65 Å². The van der Waals surface area contributed by atoms with Crippen LogP contribution in [0.3, 0.4) is 0 Å². The molecule has 0 aliphatic rings. The molecule has 8 nitrogen and oxygen atoms in total. The van der Waals surface area contributed by atoms with Gasteiger partial charge in [-0.05, 0) is 39.3 Å². The molecule has 0 unspecified atom stereocenters. The maximum absolute atomic E-state index is 12.3. The fourth-order valence-corrected chi connectivity index (χ4v) is 2.47. The average molecular weight is 342 g/mol. The minimum Gasteiger partial charge on any atom is -0.478 e. The van der Waals surface area contributed by atoms with Crippen LogP contribution in [0.4, 0.5) is 5.95 Å². The predicted molar refractivity (Wildman–Crippen MR) is 95.9 cm³/mol. The Morgan fingerprint density at radius 1 is 1.36 bits per heavy atom. The molecule has 0 aromatic carbocycles. The van der Waals surface area contributed by atoms with Gasteiger partial charge in [0.1, 0.15) is 5.39 Å². The zero-order valence-electron chi connectivity index (χ0n) is 14.8. The van der Waals surface area contributed by atoms with E-state index in [0.29, 0.717) is 36.0 Å². The number of rotatable bonds is 5. The fraction of sp³-hybridized carbons (Fsp3) is 0.412. The van der Waals surface area contributed by atoms with E-state index in [4.69, 9.17) is 4.74 Å². The average Bonchev–Trinajstić information content (AvgIpc) is 2.98. The molecular weight excluding hydrogens is 320 g/mol. The predicted octanol–water partition coefficient (Wildman–Crippen LogP) is 2.28. The lowest BCUT2D eigenvalue weighted by Gasteiger charge is -2.19. The third-order valence-corrected chi connectivity index (χ3v) is 3.62. The Kier molecular flexibility index (Phi) is 4.43. The van der Waals surface area contributed by atoms with Gasteiger partial charge in [0.05, 0.1) is 18.3 Å². The summed E-state index contributed by atoms with van der Waals surface area (Å²) in [6.07, 6.45) is 3.24. The zero-order chi connectivity index (χ0) is 18.0. The zero-order valence-corrected chi connectivity index (χ0v) is 14.8. The molecule has 0 saturated carbocycles. The summed E-state index contributed by atoms with van der Waals surface area (Å²) < 4.78 is 7.15. The molecule has 3 rings (SSSR count). The van der Waals surface area contributed by atoms with Crippen LogP contribution in [-0.4, -0.2) is 31.3 Å². The van der Waals surface area contributed by atoms with Crippen molar-refractivity contribution in [2.75, 3.05) is 11.9 Å². The van der Waals surface area contributed by atoms with E-state index >= 15 is 0 Å². The molecule has 3 aromatic rings. The van der Waals surface area contributed by atoms with Crippen LogP contribution in [0.15, 0.2) is 29.3 Å². The Balaban J connectivity index is 1.87. The Morgan fingerprint density at radius 3 is 2.88 bits per heavy atom. The van der Waals surface area contributed by atoms with Gasteiger partial charge in [0.25, 0.3) is 5.56 Å². The summed E-state index contributed by atoms with van der Waals surface area (Å²) in [6, 6.07) is 3.73. The highest BCUT2D eigenvalue weighted by molar-refractivity contribution is 5.74. The molecule has 0 amide bonds. The van der Waals surface area contributed by atoms with E-state index in [0.717, 1.165) is 5.56 Å². The molecule has 3 aromatic heterocycles. The van der Waals surface area contributed by atoms with Crippen molar-refractivity contribution in [1.29, 1.82) is 0 Å². The number of fused-ring (bicyclic) bond motifs is 1. The minimum atomic E-state index is -0.267. The van der Waals surface area contributed by atoms with Gasteiger partial charge in [-0.15, -0.1) is 0 Å². The van der Waals surface area contributed by atoms with E-state index in [-0.39, 0.29) is 11.1 Å². The van der Waals surface area contributed by atoms with E-state index in [1.54, 1.807) is 17.1 Å². The van der Waals surface area contributed by atoms with Crippen molar-refractivity contribution in [1.82, 2.24) is 24.7 Å². The molecule has 0 spiro atoms. The number of hydrogen-bond donors (Lipinski definition) is 2. The first-order chi connectivity index (χ1) is 11.9. The number of nitrogens with zero attached hydrogens (tertiary/aromatic N) is 4. The van der Waals surface area contributed by atoms with Gasteiger partial charge in [-0.3, -0.25) is 9.78 Å². The highest BCUT2D eigenvalue weighted by atomic mass is 16.5. The normalized spacial score (nSPS) is 11.7. The molecule has 0 aliphatic heterocycles. The maximum Gasteiger partial charge on any atom is 0.263 e. The first-order valence-electron chi connectivity index (χ1n) is 8.18. The van der Waals surface area contributed by atoms with Crippen molar-refractivity contribution in [3.05, 3.63) is 40.4 Å². The molecule has 2 N–H and O–H groups in total. The van der Waals surface area contributed by atoms with Crippen LogP contribution in [0, 0.1) is 0 Å². The van der Waals surface area contributed by atoms with Crippen molar-refractivity contribution in [2.24, 2.45) is 0 Å². The van der Waals surface area contributed by atoms with Crippen LogP contribution in [0.25, 0.3) is 11.0 Å². The van der Waals surface area contributed by atoms with Crippen molar-refractivity contribution >= 4 is 17.0 Å². The van der Waals surface area contributed by atoms with Gasteiger partial charge in [0.2, 0.25) is 11.8 Å². The lowest BCUT2D eigenvalue weighted by atomic mass is 10.1. The van der Waals surface area contributed by atoms with Gasteiger partial charge in [-0.1, -0.05) is 0 Å². The topological polar surface area (TPSA) is 97.7 Å². The van der Waals surface area contributed by atoms with Crippen LogP contribution >= 0.6 is 0 Å². The second kappa shape index (κ2) is 6.54. The maximum atomic E-state index is 12.3. The van der Waals surface area contributed by atoms with Crippen LogP contribution in [0.5, 0.6) is 5.88 Å². The highest BCUT2D eigenvalue weighted by Crippen LogP contribution is 2.19. The largest absolute Gasteiger partial charge is 0.478 e. The molecule has 3 heterocycles. The second-order valence-corrected chi connectivity index (χ2v) is 6.67. The number of aromatic nitrogens is 5. The lowest BCUT2D eigenvalue weighted by Crippen LogP contribution is -2.24.